The van der Waals surface area contributed by atoms with E-state index >= 15 is 4.39 Å². The van der Waals surface area contributed by atoms with Gasteiger partial charge in [-0.1, -0.05) is 12.1 Å². The molecule has 1 aliphatic carbocycles. The van der Waals surface area contributed by atoms with Crippen molar-refractivity contribution in [1.29, 1.82) is 5.26 Å². The lowest BCUT2D eigenvalue weighted by Crippen LogP contribution is -2.33. The van der Waals surface area contributed by atoms with Gasteiger partial charge in [-0.05, 0) is 60.6 Å². The first-order chi connectivity index (χ1) is 16.9. The van der Waals surface area contributed by atoms with Crippen LogP contribution in [0.15, 0.2) is 41.5 Å². The third-order valence-electron chi connectivity index (χ3n) is 6.59. The van der Waals surface area contributed by atoms with E-state index < -0.39 is 5.82 Å². The number of hydrogen-bond donors (Lipinski definition) is 1. The maximum absolute atomic E-state index is 15.3. The lowest BCUT2D eigenvalue weighted by Gasteiger charge is -2.24. The molecule has 1 saturated carbocycles. The summed E-state index contributed by atoms with van der Waals surface area (Å²) >= 11 is 0. The number of amidine groups is 1. The predicted octanol–water partition coefficient (Wildman–Crippen LogP) is 3.52. The van der Waals surface area contributed by atoms with Gasteiger partial charge >= 0.3 is 0 Å². The number of hydrazone groups is 1. The summed E-state index contributed by atoms with van der Waals surface area (Å²) in [6.07, 6.45) is 3.77. The zero-order valence-corrected chi connectivity index (χ0v) is 19.8. The molecule has 0 bridgehead atoms. The Bertz CT molecular complexity index is 1190. The molecule has 2 aromatic rings. The highest BCUT2D eigenvalue weighted by molar-refractivity contribution is 5.98. The Kier molecular flexibility index (Phi) is 7.30. The average Bonchev–Trinajstić information content (AvgIpc) is 3.63. The second-order valence-electron chi connectivity index (χ2n) is 8.94. The molecule has 2 aromatic carbocycles. The second-order valence-corrected chi connectivity index (χ2v) is 8.94. The summed E-state index contributed by atoms with van der Waals surface area (Å²) in [6, 6.07) is 12.0. The molecule has 2 aliphatic rings. The van der Waals surface area contributed by atoms with Gasteiger partial charge in [0.05, 0.1) is 18.4 Å². The van der Waals surface area contributed by atoms with Crippen LogP contribution in [0.25, 0.3) is 11.1 Å². The van der Waals surface area contributed by atoms with Gasteiger partial charge in [-0.3, -0.25) is 9.59 Å². The van der Waals surface area contributed by atoms with Gasteiger partial charge in [0.1, 0.15) is 23.5 Å². The zero-order chi connectivity index (χ0) is 24.9. The second kappa shape index (κ2) is 10.6. The Hall–Kier alpha value is -3.93. The SMILES string of the molecule is COc1cc(-c2ccc(N(C)/C(CC3CCN(C(=O)C4CC4)C3)=N\NC=O)c(F)c2)ccc1C#N. The summed E-state index contributed by atoms with van der Waals surface area (Å²) in [5, 5.41) is 13.4. The smallest absolute Gasteiger partial charge is 0.227 e. The van der Waals surface area contributed by atoms with E-state index in [1.807, 2.05) is 4.90 Å². The van der Waals surface area contributed by atoms with Crippen molar-refractivity contribution in [2.24, 2.45) is 16.9 Å². The summed E-state index contributed by atoms with van der Waals surface area (Å²) < 4.78 is 20.5. The number of anilines is 1. The number of hydrogen-bond acceptors (Lipinski definition) is 5. The quantitative estimate of drug-likeness (QED) is 0.272. The van der Waals surface area contributed by atoms with E-state index in [0.717, 1.165) is 31.4 Å². The summed E-state index contributed by atoms with van der Waals surface area (Å²) in [5.41, 5.74) is 4.41. The molecule has 2 fully saturated rings. The number of ether oxygens (including phenoxy) is 1. The van der Waals surface area contributed by atoms with Gasteiger partial charge in [0.2, 0.25) is 12.3 Å². The van der Waals surface area contributed by atoms with Crippen molar-refractivity contribution in [1.82, 2.24) is 10.3 Å². The van der Waals surface area contributed by atoms with Crippen LogP contribution in [0.2, 0.25) is 0 Å². The molecule has 1 saturated heterocycles. The Morgan fingerprint density at radius 2 is 2.03 bits per heavy atom. The molecular formula is C26H28FN5O3. The maximum atomic E-state index is 15.3. The lowest BCUT2D eigenvalue weighted by atomic mass is 10.0. The maximum Gasteiger partial charge on any atom is 0.227 e. The summed E-state index contributed by atoms with van der Waals surface area (Å²) in [5.74, 6) is 1.07. The highest BCUT2D eigenvalue weighted by atomic mass is 19.1. The van der Waals surface area contributed by atoms with Gasteiger partial charge in [-0.15, -0.1) is 0 Å². The van der Waals surface area contributed by atoms with Crippen molar-refractivity contribution in [2.75, 3.05) is 32.1 Å². The van der Waals surface area contributed by atoms with Gasteiger partial charge in [0.25, 0.3) is 0 Å². The summed E-state index contributed by atoms with van der Waals surface area (Å²) in [4.78, 5) is 26.8. The number of carbonyl (C=O) groups excluding carboxylic acids is 2. The number of nitrogens with zero attached hydrogens (tertiary/aromatic N) is 4. The summed E-state index contributed by atoms with van der Waals surface area (Å²) in [7, 11) is 3.19. The standard InChI is InChI=1S/C26H28FN5O3/c1-31(25(30-29-16-33)11-17-9-10-32(15-17)26(34)18-3-4-18)23-8-7-19(12-22(23)27)20-5-6-21(14-28)24(13-20)35-2/h5-8,12-13,16-18H,3-4,9-11,15H2,1-2H3,(H,29,33)/b30-25-. The molecule has 4 rings (SSSR count). The van der Waals surface area contributed by atoms with Crippen LogP contribution in [0.4, 0.5) is 10.1 Å². The fourth-order valence-corrected chi connectivity index (χ4v) is 4.47. The first-order valence-corrected chi connectivity index (χ1v) is 11.6. The van der Waals surface area contributed by atoms with Crippen molar-refractivity contribution in [3.05, 3.63) is 47.8 Å². The van der Waals surface area contributed by atoms with Gasteiger partial charge < -0.3 is 14.5 Å². The van der Waals surface area contributed by atoms with Crippen molar-refractivity contribution < 1.29 is 18.7 Å². The molecular weight excluding hydrogens is 449 g/mol. The normalized spacial score (nSPS) is 17.6. The van der Waals surface area contributed by atoms with E-state index in [9.17, 15) is 14.9 Å². The Morgan fingerprint density at radius 3 is 2.69 bits per heavy atom. The van der Waals surface area contributed by atoms with E-state index in [0.29, 0.717) is 47.8 Å². The molecule has 8 nitrogen and oxygen atoms in total. The third-order valence-corrected chi connectivity index (χ3v) is 6.59. The van der Waals surface area contributed by atoms with Crippen LogP contribution >= 0.6 is 0 Å². The van der Waals surface area contributed by atoms with E-state index in [-0.39, 0.29) is 17.7 Å². The zero-order valence-electron chi connectivity index (χ0n) is 19.8. The Balaban J connectivity index is 1.51. The number of methoxy groups -OCH3 is 1. The molecule has 182 valence electrons. The number of halogens is 1. The van der Waals surface area contributed by atoms with E-state index in [2.05, 4.69) is 16.6 Å². The van der Waals surface area contributed by atoms with Crippen LogP contribution in [0.1, 0.15) is 31.2 Å². The van der Waals surface area contributed by atoms with Crippen LogP contribution in [-0.2, 0) is 9.59 Å². The number of rotatable bonds is 8. The Labute approximate surface area is 204 Å². The van der Waals surface area contributed by atoms with Gasteiger partial charge in [-0.25, -0.2) is 9.82 Å². The van der Waals surface area contributed by atoms with Crippen molar-refractivity contribution in [2.45, 2.75) is 25.7 Å². The topological polar surface area (TPSA) is 98.0 Å². The predicted molar refractivity (Wildman–Crippen MR) is 130 cm³/mol. The molecule has 2 amide bonds. The fraction of sp³-hybridized carbons (Fsp3) is 0.385. The Morgan fingerprint density at radius 1 is 1.29 bits per heavy atom. The minimum absolute atomic E-state index is 0.181. The number of benzene rings is 2. The average molecular weight is 478 g/mol. The van der Waals surface area contributed by atoms with E-state index in [1.54, 1.807) is 42.3 Å². The molecule has 1 heterocycles. The minimum Gasteiger partial charge on any atom is -0.495 e. The molecule has 0 spiro atoms. The van der Waals surface area contributed by atoms with Crippen LogP contribution < -0.4 is 15.1 Å². The largest absolute Gasteiger partial charge is 0.495 e. The number of carbonyl (C=O) groups is 2. The number of amides is 2. The minimum atomic E-state index is -0.455. The molecule has 1 atom stereocenters. The lowest BCUT2D eigenvalue weighted by molar-refractivity contribution is -0.131. The number of nitriles is 1. The molecule has 1 N–H and O–H groups in total. The van der Waals surface area contributed by atoms with Crippen molar-refractivity contribution in [3.8, 4) is 22.9 Å². The van der Waals surface area contributed by atoms with Crippen LogP contribution in [0, 0.1) is 29.0 Å². The third kappa shape index (κ3) is 5.43. The first kappa shape index (κ1) is 24.2. The molecule has 1 unspecified atom stereocenters. The van der Waals surface area contributed by atoms with Crippen molar-refractivity contribution in [3.63, 3.8) is 0 Å². The molecule has 9 heteroatoms. The monoisotopic (exact) mass is 477 g/mol. The summed E-state index contributed by atoms with van der Waals surface area (Å²) in [6.45, 7) is 1.36. The molecule has 35 heavy (non-hydrogen) atoms. The van der Waals surface area contributed by atoms with Gasteiger partial charge in [-0.2, -0.15) is 10.4 Å². The van der Waals surface area contributed by atoms with Crippen LogP contribution in [-0.4, -0.2) is 50.3 Å². The molecule has 0 aromatic heterocycles. The first-order valence-electron chi connectivity index (χ1n) is 11.6. The fourth-order valence-electron chi connectivity index (χ4n) is 4.47. The van der Waals surface area contributed by atoms with E-state index in [1.165, 1.54) is 13.2 Å². The van der Waals surface area contributed by atoms with E-state index in [4.69, 9.17) is 4.74 Å². The molecule has 1 aliphatic heterocycles. The number of nitrogens with one attached hydrogen (secondary N) is 1. The highest BCUT2D eigenvalue weighted by Gasteiger charge is 2.37. The van der Waals surface area contributed by atoms with Crippen molar-refractivity contribution >= 4 is 23.8 Å². The van der Waals surface area contributed by atoms with Crippen LogP contribution in [0.3, 0.4) is 0 Å². The highest BCUT2D eigenvalue weighted by Crippen LogP contribution is 2.34. The van der Waals surface area contributed by atoms with Gasteiger partial charge in [0.15, 0.2) is 0 Å². The van der Waals surface area contributed by atoms with Gasteiger partial charge in [0, 0.05) is 32.5 Å². The van der Waals surface area contributed by atoms with Crippen LogP contribution in [0.5, 0.6) is 5.75 Å². The molecule has 0 radical (unpaired) electrons. The number of likely N-dealkylation sites (tertiary alicyclic amines) is 1.